The number of likely N-dealkylation sites (tertiary alicyclic amines) is 1. The van der Waals surface area contributed by atoms with Crippen LogP contribution in [0.15, 0.2) is 0 Å². The van der Waals surface area contributed by atoms with Gasteiger partial charge < -0.3 is 10.0 Å². The molecule has 1 N–H and O–H groups in total. The van der Waals surface area contributed by atoms with Crippen LogP contribution in [0, 0.1) is 5.92 Å². The number of carboxylic acid groups (broad SMARTS) is 1. The molecule has 20 heavy (non-hydrogen) atoms. The Bertz CT molecular complexity index is 515. The van der Waals surface area contributed by atoms with Crippen molar-refractivity contribution in [2.75, 3.05) is 6.26 Å². The summed E-state index contributed by atoms with van der Waals surface area (Å²) in [7, 11) is -3.51. The van der Waals surface area contributed by atoms with Crippen molar-refractivity contribution in [3.8, 4) is 0 Å². The number of aliphatic carboxylic acids is 1. The van der Waals surface area contributed by atoms with Crippen molar-refractivity contribution in [3.63, 3.8) is 0 Å². The molecule has 2 fully saturated rings. The lowest BCUT2D eigenvalue weighted by Crippen LogP contribution is -2.51. The third-order valence-corrected chi connectivity index (χ3v) is 6.10. The van der Waals surface area contributed by atoms with Crippen LogP contribution in [-0.4, -0.2) is 53.9 Å². The third-order valence-electron chi connectivity index (χ3n) is 4.62. The predicted octanol–water partition coefficient (Wildman–Crippen LogP) is 0.664. The number of carbonyl (C=O) groups excluding carboxylic acids is 1. The minimum Gasteiger partial charge on any atom is -0.480 e. The summed E-state index contributed by atoms with van der Waals surface area (Å²) < 4.78 is 23.1. The van der Waals surface area contributed by atoms with Crippen molar-refractivity contribution in [1.29, 1.82) is 0 Å². The molecule has 1 aliphatic carbocycles. The minimum atomic E-state index is -3.51. The lowest BCUT2D eigenvalue weighted by Gasteiger charge is -2.34. The molecule has 2 rings (SSSR count). The van der Waals surface area contributed by atoms with E-state index in [2.05, 4.69) is 0 Å². The number of hydrogen-bond acceptors (Lipinski definition) is 4. The van der Waals surface area contributed by atoms with Gasteiger partial charge in [-0.2, -0.15) is 0 Å². The molecule has 0 bridgehead atoms. The summed E-state index contributed by atoms with van der Waals surface area (Å²) in [4.78, 5) is 25.2. The largest absolute Gasteiger partial charge is 0.480 e. The van der Waals surface area contributed by atoms with E-state index in [1.807, 2.05) is 0 Å². The summed E-state index contributed by atoms with van der Waals surface area (Å²) in [5, 5.41) is 8.14. The van der Waals surface area contributed by atoms with Gasteiger partial charge in [-0.15, -0.1) is 0 Å². The van der Waals surface area contributed by atoms with Gasteiger partial charge in [0.25, 0.3) is 0 Å². The van der Waals surface area contributed by atoms with Gasteiger partial charge in [0.2, 0.25) is 5.91 Å². The number of carbonyl (C=O) groups is 2. The second kappa shape index (κ2) is 5.35. The number of nitrogens with zero attached hydrogens (tertiary/aromatic N) is 1. The zero-order valence-corrected chi connectivity index (χ0v) is 12.6. The van der Waals surface area contributed by atoms with Crippen LogP contribution in [0.3, 0.4) is 0 Å². The van der Waals surface area contributed by atoms with E-state index >= 15 is 0 Å². The molecule has 0 aromatic heterocycles. The van der Waals surface area contributed by atoms with Crippen molar-refractivity contribution in [2.45, 2.75) is 56.4 Å². The molecule has 1 heterocycles. The molecule has 1 amide bonds. The van der Waals surface area contributed by atoms with Gasteiger partial charge in [-0.05, 0) is 32.1 Å². The molecule has 0 spiro atoms. The van der Waals surface area contributed by atoms with E-state index in [0.717, 1.165) is 31.9 Å². The Morgan fingerprint density at radius 3 is 2.40 bits per heavy atom. The Labute approximate surface area is 119 Å². The Hall–Kier alpha value is -1.11. The molecule has 6 nitrogen and oxygen atoms in total. The molecule has 1 saturated heterocycles. The summed E-state index contributed by atoms with van der Waals surface area (Å²) in [6.45, 7) is 1.34. The Balaban J connectivity index is 2.29. The van der Waals surface area contributed by atoms with Crippen molar-refractivity contribution >= 4 is 21.7 Å². The molecular formula is C13H21NO5S. The van der Waals surface area contributed by atoms with Crippen molar-refractivity contribution < 1.29 is 23.1 Å². The Morgan fingerprint density at radius 2 is 1.85 bits per heavy atom. The van der Waals surface area contributed by atoms with E-state index in [1.165, 1.54) is 11.8 Å². The number of carboxylic acids is 1. The summed E-state index contributed by atoms with van der Waals surface area (Å²) in [5.74, 6) is -1.40. The zero-order valence-electron chi connectivity index (χ0n) is 11.8. The van der Waals surface area contributed by atoms with Crippen LogP contribution in [0.4, 0.5) is 0 Å². The summed E-state index contributed by atoms with van der Waals surface area (Å²) in [6, 6.07) is -0.985. The van der Waals surface area contributed by atoms with E-state index in [4.69, 9.17) is 0 Å². The van der Waals surface area contributed by atoms with Crippen LogP contribution in [0.25, 0.3) is 0 Å². The second-order valence-corrected chi connectivity index (χ2v) is 8.29. The van der Waals surface area contributed by atoms with E-state index in [1.54, 1.807) is 0 Å². The van der Waals surface area contributed by atoms with Crippen LogP contribution >= 0.6 is 0 Å². The quantitative estimate of drug-likeness (QED) is 0.827. The molecule has 1 aliphatic heterocycles. The summed E-state index contributed by atoms with van der Waals surface area (Å²) in [6.07, 6.45) is 5.17. The average Bonchev–Trinajstić information content (AvgIpc) is 2.75. The molecule has 0 radical (unpaired) electrons. The maximum absolute atomic E-state index is 12.4. The third kappa shape index (κ3) is 2.68. The first-order chi connectivity index (χ1) is 9.23. The molecule has 4 atom stereocenters. The molecule has 4 unspecified atom stereocenters. The van der Waals surface area contributed by atoms with Crippen molar-refractivity contribution in [2.24, 2.45) is 5.92 Å². The van der Waals surface area contributed by atoms with Gasteiger partial charge in [-0.3, -0.25) is 4.79 Å². The Morgan fingerprint density at radius 1 is 1.25 bits per heavy atom. The van der Waals surface area contributed by atoms with E-state index in [9.17, 15) is 23.1 Å². The van der Waals surface area contributed by atoms with Crippen LogP contribution in [0.1, 0.15) is 39.0 Å². The van der Waals surface area contributed by atoms with E-state index < -0.39 is 33.0 Å². The molecule has 114 valence electrons. The SMILES string of the molecule is CC(C(=O)N1C(C(=O)O)CC2CCCCC21)S(C)(=O)=O. The number of hydrogen-bond donors (Lipinski definition) is 1. The highest BCUT2D eigenvalue weighted by Gasteiger charge is 2.49. The van der Waals surface area contributed by atoms with Gasteiger partial charge in [0.15, 0.2) is 9.84 Å². The van der Waals surface area contributed by atoms with E-state index in [0.29, 0.717) is 6.42 Å². The monoisotopic (exact) mass is 303 g/mol. The van der Waals surface area contributed by atoms with Gasteiger partial charge in [0.1, 0.15) is 11.3 Å². The van der Waals surface area contributed by atoms with Crippen molar-refractivity contribution in [3.05, 3.63) is 0 Å². The summed E-state index contributed by atoms with van der Waals surface area (Å²) in [5.41, 5.74) is 0. The lowest BCUT2D eigenvalue weighted by molar-refractivity contribution is -0.149. The topological polar surface area (TPSA) is 91.8 Å². The molecule has 0 aromatic carbocycles. The highest BCUT2D eigenvalue weighted by molar-refractivity contribution is 7.92. The van der Waals surface area contributed by atoms with Gasteiger partial charge >= 0.3 is 5.97 Å². The standard InChI is InChI=1S/C13H21NO5S/c1-8(20(2,18)19)12(15)14-10-6-4-3-5-9(10)7-11(14)13(16)17/h8-11H,3-7H2,1-2H3,(H,16,17). The minimum absolute atomic E-state index is 0.110. The van der Waals surface area contributed by atoms with Gasteiger partial charge in [0, 0.05) is 12.3 Å². The highest BCUT2D eigenvalue weighted by atomic mass is 32.2. The maximum Gasteiger partial charge on any atom is 0.326 e. The van der Waals surface area contributed by atoms with Crippen LogP contribution in [0.5, 0.6) is 0 Å². The van der Waals surface area contributed by atoms with Gasteiger partial charge in [-0.25, -0.2) is 13.2 Å². The van der Waals surface area contributed by atoms with Gasteiger partial charge in [0.05, 0.1) is 0 Å². The zero-order chi connectivity index (χ0) is 15.1. The van der Waals surface area contributed by atoms with Crippen LogP contribution in [0.2, 0.25) is 0 Å². The molecule has 0 aromatic rings. The van der Waals surface area contributed by atoms with E-state index in [-0.39, 0.29) is 12.0 Å². The normalized spacial score (nSPS) is 31.7. The maximum atomic E-state index is 12.4. The predicted molar refractivity (Wildman–Crippen MR) is 72.9 cm³/mol. The first kappa shape index (κ1) is 15.3. The van der Waals surface area contributed by atoms with Crippen LogP contribution < -0.4 is 0 Å². The fraction of sp³-hybridized carbons (Fsp3) is 0.846. The average molecular weight is 303 g/mol. The van der Waals surface area contributed by atoms with Crippen molar-refractivity contribution in [1.82, 2.24) is 4.90 Å². The number of rotatable bonds is 3. The van der Waals surface area contributed by atoms with Crippen LogP contribution in [-0.2, 0) is 19.4 Å². The smallest absolute Gasteiger partial charge is 0.326 e. The first-order valence-electron chi connectivity index (χ1n) is 6.97. The molecule has 7 heteroatoms. The fourth-order valence-corrected chi connectivity index (χ4v) is 3.88. The lowest BCUT2D eigenvalue weighted by atomic mass is 9.84. The Kier molecular flexibility index (Phi) is 4.09. The molecular weight excluding hydrogens is 282 g/mol. The van der Waals surface area contributed by atoms with Gasteiger partial charge in [-0.1, -0.05) is 12.8 Å². The number of fused-ring (bicyclic) bond motifs is 1. The highest BCUT2D eigenvalue weighted by Crippen LogP contribution is 2.40. The summed E-state index contributed by atoms with van der Waals surface area (Å²) >= 11 is 0. The molecule has 2 aliphatic rings. The number of sulfone groups is 1. The molecule has 1 saturated carbocycles. The first-order valence-corrected chi connectivity index (χ1v) is 8.92. The number of amides is 1. The second-order valence-electron chi connectivity index (χ2n) is 5.92. The fourth-order valence-electron chi connectivity index (χ4n) is 3.39.